The Morgan fingerprint density at radius 1 is 1.15 bits per heavy atom. The highest BCUT2D eigenvalue weighted by atomic mass is 16.2. The first-order valence-corrected chi connectivity index (χ1v) is 7.74. The van der Waals surface area contributed by atoms with Crippen molar-refractivity contribution in [3.63, 3.8) is 0 Å². The molecule has 0 radical (unpaired) electrons. The molecule has 0 aliphatic carbocycles. The molecular formula is C15H27N3O2. The first-order valence-electron chi connectivity index (χ1n) is 7.74. The zero-order chi connectivity index (χ0) is 14.8. The maximum atomic E-state index is 12.5. The smallest absolute Gasteiger partial charge is 0.242 e. The van der Waals surface area contributed by atoms with E-state index in [0.717, 1.165) is 19.4 Å². The van der Waals surface area contributed by atoms with E-state index in [2.05, 4.69) is 19.2 Å². The number of carbonyl (C=O) groups excluding carboxylic acids is 2. The number of rotatable bonds is 3. The zero-order valence-corrected chi connectivity index (χ0v) is 12.9. The number of carbonyl (C=O) groups is 2. The Labute approximate surface area is 121 Å². The molecule has 20 heavy (non-hydrogen) atoms. The number of nitrogens with one attached hydrogen (secondary N) is 1. The van der Waals surface area contributed by atoms with Crippen LogP contribution in [0.15, 0.2) is 0 Å². The summed E-state index contributed by atoms with van der Waals surface area (Å²) in [7, 11) is 0. The van der Waals surface area contributed by atoms with E-state index in [1.165, 1.54) is 0 Å². The molecule has 2 rings (SSSR count). The lowest BCUT2D eigenvalue weighted by atomic mass is 9.98. The van der Waals surface area contributed by atoms with Gasteiger partial charge in [-0.05, 0) is 32.2 Å². The van der Waals surface area contributed by atoms with Crippen LogP contribution in [0.25, 0.3) is 0 Å². The molecule has 2 fully saturated rings. The van der Waals surface area contributed by atoms with Crippen molar-refractivity contribution < 1.29 is 9.59 Å². The minimum Gasteiger partial charge on any atom is -0.339 e. The van der Waals surface area contributed by atoms with Crippen LogP contribution in [-0.2, 0) is 9.59 Å². The van der Waals surface area contributed by atoms with Crippen LogP contribution >= 0.6 is 0 Å². The molecule has 5 heteroatoms. The molecule has 0 spiro atoms. The SMILES string of the molecule is CC(C)CC(=O)N1CCN(C(=O)C2(C)CCCN2)CC1. The molecule has 0 bridgehead atoms. The van der Waals surface area contributed by atoms with E-state index in [0.29, 0.717) is 38.5 Å². The molecule has 5 nitrogen and oxygen atoms in total. The summed E-state index contributed by atoms with van der Waals surface area (Å²) in [4.78, 5) is 28.4. The highest BCUT2D eigenvalue weighted by molar-refractivity contribution is 5.86. The lowest BCUT2D eigenvalue weighted by Crippen LogP contribution is -2.58. The number of amides is 2. The van der Waals surface area contributed by atoms with Gasteiger partial charge in [0.15, 0.2) is 0 Å². The van der Waals surface area contributed by atoms with Crippen molar-refractivity contribution in [3.05, 3.63) is 0 Å². The molecule has 2 aliphatic heterocycles. The Morgan fingerprint density at radius 2 is 1.75 bits per heavy atom. The summed E-state index contributed by atoms with van der Waals surface area (Å²) >= 11 is 0. The minimum absolute atomic E-state index is 0.200. The highest BCUT2D eigenvalue weighted by Gasteiger charge is 2.39. The fourth-order valence-electron chi connectivity index (χ4n) is 3.06. The van der Waals surface area contributed by atoms with E-state index in [9.17, 15) is 9.59 Å². The molecule has 1 N–H and O–H groups in total. The van der Waals surface area contributed by atoms with Crippen LogP contribution in [0.2, 0.25) is 0 Å². The zero-order valence-electron chi connectivity index (χ0n) is 12.9. The average Bonchev–Trinajstić information content (AvgIpc) is 2.85. The number of hydrogen-bond acceptors (Lipinski definition) is 3. The quantitative estimate of drug-likeness (QED) is 0.834. The molecule has 1 unspecified atom stereocenters. The van der Waals surface area contributed by atoms with E-state index >= 15 is 0 Å². The van der Waals surface area contributed by atoms with Crippen molar-refractivity contribution in [3.8, 4) is 0 Å². The summed E-state index contributed by atoms with van der Waals surface area (Å²) in [6.07, 6.45) is 2.58. The lowest BCUT2D eigenvalue weighted by molar-refractivity contribution is -0.143. The first kappa shape index (κ1) is 15.3. The van der Waals surface area contributed by atoms with Crippen molar-refractivity contribution in [2.75, 3.05) is 32.7 Å². The van der Waals surface area contributed by atoms with Crippen molar-refractivity contribution >= 4 is 11.8 Å². The van der Waals surface area contributed by atoms with Crippen molar-refractivity contribution in [1.82, 2.24) is 15.1 Å². The molecule has 114 valence electrons. The van der Waals surface area contributed by atoms with E-state index in [4.69, 9.17) is 0 Å². The van der Waals surface area contributed by atoms with Gasteiger partial charge in [-0.3, -0.25) is 9.59 Å². The van der Waals surface area contributed by atoms with Gasteiger partial charge in [0, 0.05) is 32.6 Å². The molecule has 2 aliphatic rings. The van der Waals surface area contributed by atoms with Gasteiger partial charge < -0.3 is 15.1 Å². The summed E-state index contributed by atoms with van der Waals surface area (Å²) in [5, 5.41) is 3.32. The van der Waals surface area contributed by atoms with Gasteiger partial charge in [0.05, 0.1) is 5.54 Å². The highest BCUT2D eigenvalue weighted by Crippen LogP contribution is 2.22. The third-order valence-corrected chi connectivity index (χ3v) is 4.34. The van der Waals surface area contributed by atoms with Gasteiger partial charge in [0.2, 0.25) is 11.8 Å². The molecule has 0 aromatic heterocycles. The van der Waals surface area contributed by atoms with E-state index in [1.54, 1.807) is 0 Å². The molecule has 2 saturated heterocycles. The lowest BCUT2D eigenvalue weighted by Gasteiger charge is -2.38. The third-order valence-electron chi connectivity index (χ3n) is 4.34. The van der Waals surface area contributed by atoms with Crippen molar-refractivity contribution in [2.24, 2.45) is 5.92 Å². The van der Waals surface area contributed by atoms with Gasteiger partial charge in [-0.2, -0.15) is 0 Å². The maximum absolute atomic E-state index is 12.5. The Kier molecular flexibility index (Phi) is 4.68. The van der Waals surface area contributed by atoms with Crippen LogP contribution in [0.4, 0.5) is 0 Å². The molecule has 2 amide bonds. The standard InChI is InChI=1S/C15H27N3O2/c1-12(2)11-13(19)17-7-9-18(10-8-17)14(20)15(3)5-4-6-16-15/h12,16H,4-11H2,1-3H3. The van der Waals surface area contributed by atoms with E-state index in [1.807, 2.05) is 16.7 Å². The van der Waals surface area contributed by atoms with Gasteiger partial charge in [-0.25, -0.2) is 0 Å². The predicted octanol–water partition coefficient (Wildman–Crippen LogP) is 0.845. The van der Waals surface area contributed by atoms with Crippen LogP contribution in [0.3, 0.4) is 0 Å². The molecule has 0 saturated carbocycles. The van der Waals surface area contributed by atoms with Gasteiger partial charge in [-0.15, -0.1) is 0 Å². The van der Waals surface area contributed by atoms with Crippen molar-refractivity contribution in [2.45, 2.75) is 45.6 Å². The second-order valence-electron chi connectivity index (χ2n) is 6.63. The van der Waals surface area contributed by atoms with Gasteiger partial charge >= 0.3 is 0 Å². The average molecular weight is 281 g/mol. The predicted molar refractivity (Wildman–Crippen MR) is 78.3 cm³/mol. The molecular weight excluding hydrogens is 254 g/mol. The van der Waals surface area contributed by atoms with E-state index in [-0.39, 0.29) is 17.4 Å². The first-order chi connectivity index (χ1) is 9.42. The summed E-state index contributed by atoms with van der Waals surface area (Å²) < 4.78 is 0. The largest absolute Gasteiger partial charge is 0.339 e. The third kappa shape index (κ3) is 3.32. The van der Waals surface area contributed by atoms with E-state index < -0.39 is 0 Å². The van der Waals surface area contributed by atoms with Gasteiger partial charge in [-0.1, -0.05) is 13.8 Å². The number of hydrogen-bond donors (Lipinski definition) is 1. The van der Waals surface area contributed by atoms with Crippen LogP contribution in [0, 0.1) is 5.92 Å². The van der Waals surface area contributed by atoms with Gasteiger partial charge in [0.1, 0.15) is 0 Å². The molecule has 1 atom stereocenters. The minimum atomic E-state index is -0.385. The second-order valence-corrected chi connectivity index (χ2v) is 6.63. The topological polar surface area (TPSA) is 52.7 Å². The second kappa shape index (κ2) is 6.12. The summed E-state index contributed by atoms with van der Waals surface area (Å²) in [5.74, 6) is 0.812. The Hall–Kier alpha value is -1.10. The number of nitrogens with zero attached hydrogens (tertiary/aromatic N) is 2. The summed E-state index contributed by atoms with van der Waals surface area (Å²) in [6, 6.07) is 0. The van der Waals surface area contributed by atoms with Crippen LogP contribution < -0.4 is 5.32 Å². The Balaban J connectivity index is 1.85. The number of piperazine rings is 1. The maximum Gasteiger partial charge on any atom is 0.242 e. The molecule has 0 aromatic carbocycles. The Bertz CT molecular complexity index is 367. The van der Waals surface area contributed by atoms with Crippen LogP contribution in [0.1, 0.15) is 40.0 Å². The monoisotopic (exact) mass is 281 g/mol. The Morgan fingerprint density at radius 3 is 2.25 bits per heavy atom. The summed E-state index contributed by atoms with van der Waals surface area (Å²) in [6.45, 7) is 9.73. The normalized spacial score (nSPS) is 27.2. The van der Waals surface area contributed by atoms with Gasteiger partial charge in [0.25, 0.3) is 0 Å². The fraction of sp³-hybridized carbons (Fsp3) is 0.867. The summed E-state index contributed by atoms with van der Waals surface area (Å²) in [5.41, 5.74) is -0.385. The molecule has 0 aromatic rings. The fourth-order valence-corrected chi connectivity index (χ4v) is 3.06. The van der Waals surface area contributed by atoms with Crippen molar-refractivity contribution in [1.29, 1.82) is 0 Å². The van der Waals surface area contributed by atoms with Crippen LogP contribution in [-0.4, -0.2) is 59.9 Å². The van der Waals surface area contributed by atoms with Crippen LogP contribution in [0.5, 0.6) is 0 Å². The molecule has 2 heterocycles.